The lowest BCUT2D eigenvalue weighted by Crippen LogP contribution is -2.19. The van der Waals surface area contributed by atoms with Crippen molar-refractivity contribution in [2.24, 2.45) is 0 Å². The predicted molar refractivity (Wildman–Crippen MR) is 109 cm³/mol. The normalized spacial score (nSPS) is 10.6. The van der Waals surface area contributed by atoms with E-state index in [1.807, 2.05) is 54.8 Å². The SMILES string of the molecule is C=CCn1c(C)cc(C(=O)COC(=O)COc2ccc3ccccc3c2)c1C. The van der Waals surface area contributed by atoms with Crippen molar-refractivity contribution >= 4 is 22.5 Å². The Balaban J connectivity index is 1.54. The highest BCUT2D eigenvalue weighted by atomic mass is 16.6. The fourth-order valence-electron chi connectivity index (χ4n) is 3.16. The van der Waals surface area contributed by atoms with Crippen LogP contribution in [0.2, 0.25) is 0 Å². The van der Waals surface area contributed by atoms with Crippen LogP contribution in [-0.4, -0.2) is 29.5 Å². The van der Waals surface area contributed by atoms with Gasteiger partial charge in [0.25, 0.3) is 0 Å². The van der Waals surface area contributed by atoms with Gasteiger partial charge in [-0.15, -0.1) is 6.58 Å². The molecule has 0 atom stereocenters. The molecule has 28 heavy (non-hydrogen) atoms. The molecule has 5 nitrogen and oxygen atoms in total. The first-order chi connectivity index (χ1) is 13.5. The smallest absolute Gasteiger partial charge is 0.344 e. The van der Waals surface area contributed by atoms with Gasteiger partial charge >= 0.3 is 5.97 Å². The van der Waals surface area contributed by atoms with Crippen LogP contribution in [0.4, 0.5) is 0 Å². The van der Waals surface area contributed by atoms with Gasteiger partial charge in [-0.05, 0) is 42.8 Å². The Morgan fingerprint density at radius 2 is 1.79 bits per heavy atom. The zero-order valence-corrected chi connectivity index (χ0v) is 16.1. The van der Waals surface area contributed by atoms with Crippen molar-refractivity contribution in [2.75, 3.05) is 13.2 Å². The molecule has 3 aromatic rings. The Kier molecular flexibility index (Phi) is 5.94. The maximum absolute atomic E-state index is 12.4. The number of fused-ring (bicyclic) bond motifs is 1. The number of carbonyl (C=O) groups excluding carboxylic acids is 2. The number of Topliss-reactive ketones (excluding diaryl/α,β-unsaturated/α-hetero) is 1. The Morgan fingerprint density at radius 3 is 2.54 bits per heavy atom. The minimum absolute atomic E-state index is 0.234. The summed E-state index contributed by atoms with van der Waals surface area (Å²) in [7, 11) is 0. The lowest BCUT2D eigenvalue weighted by atomic mass is 10.1. The molecule has 0 saturated carbocycles. The Hall–Kier alpha value is -3.34. The maximum atomic E-state index is 12.4. The van der Waals surface area contributed by atoms with E-state index in [0.29, 0.717) is 17.9 Å². The van der Waals surface area contributed by atoms with Gasteiger partial charge in [0.2, 0.25) is 5.78 Å². The van der Waals surface area contributed by atoms with E-state index < -0.39 is 5.97 Å². The van der Waals surface area contributed by atoms with Crippen LogP contribution >= 0.6 is 0 Å². The number of nitrogens with zero attached hydrogens (tertiary/aromatic N) is 1. The molecule has 0 unspecified atom stereocenters. The minimum Gasteiger partial charge on any atom is -0.482 e. The average molecular weight is 377 g/mol. The molecule has 1 heterocycles. The Labute approximate surface area is 164 Å². The fourth-order valence-corrected chi connectivity index (χ4v) is 3.16. The fraction of sp³-hybridized carbons (Fsp3) is 0.217. The summed E-state index contributed by atoms with van der Waals surface area (Å²) >= 11 is 0. The van der Waals surface area contributed by atoms with Gasteiger partial charge in [-0.3, -0.25) is 4.79 Å². The Morgan fingerprint density at radius 1 is 1.04 bits per heavy atom. The summed E-state index contributed by atoms with van der Waals surface area (Å²) in [6.45, 7) is 7.59. The van der Waals surface area contributed by atoms with Crippen LogP contribution in [0.15, 0.2) is 61.2 Å². The Bertz CT molecular complexity index is 1030. The van der Waals surface area contributed by atoms with Gasteiger partial charge in [0.1, 0.15) is 5.75 Å². The lowest BCUT2D eigenvalue weighted by Gasteiger charge is -2.08. The van der Waals surface area contributed by atoms with Crippen molar-refractivity contribution < 1.29 is 19.1 Å². The van der Waals surface area contributed by atoms with Crippen molar-refractivity contribution in [1.82, 2.24) is 4.57 Å². The molecular weight excluding hydrogens is 354 g/mol. The number of carbonyl (C=O) groups is 2. The second kappa shape index (κ2) is 8.57. The second-order valence-electron chi connectivity index (χ2n) is 6.57. The van der Waals surface area contributed by atoms with Crippen LogP contribution in [0, 0.1) is 13.8 Å². The van der Waals surface area contributed by atoms with Crippen LogP contribution in [0.3, 0.4) is 0 Å². The van der Waals surface area contributed by atoms with E-state index in [9.17, 15) is 9.59 Å². The van der Waals surface area contributed by atoms with E-state index in [2.05, 4.69) is 6.58 Å². The van der Waals surface area contributed by atoms with E-state index in [-0.39, 0.29) is 19.0 Å². The zero-order chi connectivity index (χ0) is 20.1. The van der Waals surface area contributed by atoms with E-state index in [0.717, 1.165) is 22.2 Å². The molecule has 0 aliphatic carbocycles. The number of aryl methyl sites for hydroxylation is 1. The molecule has 3 rings (SSSR count). The first-order valence-corrected chi connectivity index (χ1v) is 9.07. The molecule has 0 spiro atoms. The average Bonchev–Trinajstić information content (AvgIpc) is 2.99. The van der Waals surface area contributed by atoms with E-state index in [1.165, 1.54) is 0 Å². The lowest BCUT2D eigenvalue weighted by molar-refractivity contribution is -0.144. The number of ketones is 1. The van der Waals surface area contributed by atoms with E-state index in [4.69, 9.17) is 9.47 Å². The quantitative estimate of drug-likeness (QED) is 0.335. The number of aromatic nitrogens is 1. The summed E-state index contributed by atoms with van der Waals surface area (Å²) in [4.78, 5) is 24.4. The molecular formula is C23H23NO4. The summed E-state index contributed by atoms with van der Waals surface area (Å²) < 4.78 is 12.6. The highest BCUT2D eigenvalue weighted by Crippen LogP contribution is 2.20. The van der Waals surface area contributed by atoms with Gasteiger partial charge in [-0.25, -0.2) is 4.79 Å². The van der Waals surface area contributed by atoms with E-state index >= 15 is 0 Å². The number of ether oxygens (including phenoxy) is 2. The van der Waals surface area contributed by atoms with E-state index in [1.54, 1.807) is 18.2 Å². The predicted octanol–water partition coefficient (Wildman–Crippen LogP) is 4.25. The molecule has 2 aromatic carbocycles. The molecule has 0 radical (unpaired) electrons. The first-order valence-electron chi connectivity index (χ1n) is 9.07. The van der Waals surface area contributed by atoms with Crippen LogP contribution < -0.4 is 4.74 Å². The molecule has 0 aliphatic rings. The van der Waals surface area contributed by atoms with Crippen molar-refractivity contribution in [2.45, 2.75) is 20.4 Å². The molecule has 0 saturated heterocycles. The van der Waals surface area contributed by atoms with Crippen LogP contribution in [-0.2, 0) is 16.1 Å². The molecule has 0 amide bonds. The van der Waals surface area contributed by atoms with Gasteiger partial charge < -0.3 is 14.0 Å². The molecule has 0 fully saturated rings. The highest BCUT2D eigenvalue weighted by Gasteiger charge is 2.17. The maximum Gasteiger partial charge on any atom is 0.344 e. The van der Waals surface area contributed by atoms with Gasteiger partial charge in [0.15, 0.2) is 13.2 Å². The second-order valence-corrected chi connectivity index (χ2v) is 6.57. The van der Waals surface area contributed by atoms with Crippen molar-refractivity contribution in [3.8, 4) is 5.75 Å². The summed E-state index contributed by atoms with van der Waals surface area (Å²) in [5.41, 5.74) is 2.36. The summed E-state index contributed by atoms with van der Waals surface area (Å²) in [5.74, 6) is -0.237. The molecule has 5 heteroatoms. The molecule has 0 N–H and O–H groups in total. The number of hydrogen-bond donors (Lipinski definition) is 0. The van der Waals surface area contributed by atoms with Crippen molar-refractivity contribution in [1.29, 1.82) is 0 Å². The topological polar surface area (TPSA) is 57.5 Å². The number of hydrogen-bond acceptors (Lipinski definition) is 4. The van der Waals surface area contributed by atoms with Crippen LogP contribution in [0.1, 0.15) is 21.7 Å². The van der Waals surface area contributed by atoms with Crippen molar-refractivity contribution in [3.63, 3.8) is 0 Å². The van der Waals surface area contributed by atoms with Crippen LogP contribution in [0.5, 0.6) is 5.75 Å². The molecule has 0 aliphatic heterocycles. The first kappa shape index (κ1) is 19.4. The summed E-state index contributed by atoms with van der Waals surface area (Å²) in [6.07, 6.45) is 1.78. The molecule has 0 bridgehead atoms. The number of esters is 1. The standard InChI is InChI=1S/C23H23NO4/c1-4-11-24-16(2)12-21(17(24)3)22(25)14-28-23(26)15-27-20-10-9-18-7-5-6-8-19(18)13-20/h4-10,12-13H,1,11,14-15H2,2-3H3. The third-order valence-corrected chi connectivity index (χ3v) is 4.63. The molecule has 1 aromatic heterocycles. The highest BCUT2D eigenvalue weighted by molar-refractivity contribution is 5.99. The third kappa shape index (κ3) is 4.31. The van der Waals surface area contributed by atoms with Gasteiger partial charge in [-0.1, -0.05) is 36.4 Å². The number of rotatable bonds is 8. The number of allylic oxidation sites excluding steroid dienone is 1. The van der Waals surface area contributed by atoms with Crippen molar-refractivity contribution in [3.05, 3.63) is 78.1 Å². The monoisotopic (exact) mass is 377 g/mol. The van der Waals surface area contributed by atoms with Gasteiger partial charge in [-0.2, -0.15) is 0 Å². The van der Waals surface area contributed by atoms with Crippen LogP contribution in [0.25, 0.3) is 10.8 Å². The zero-order valence-electron chi connectivity index (χ0n) is 16.1. The molecule has 144 valence electrons. The largest absolute Gasteiger partial charge is 0.482 e. The summed E-state index contributed by atoms with van der Waals surface area (Å²) in [6, 6.07) is 15.3. The van der Waals surface area contributed by atoms with Gasteiger partial charge in [0.05, 0.1) is 0 Å². The third-order valence-electron chi connectivity index (χ3n) is 4.63. The summed E-state index contributed by atoms with van der Waals surface area (Å²) in [5, 5.41) is 2.12. The van der Waals surface area contributed by atoms with Gasteiger partial charge in [0, 0.05) is 23.5 Å². The minimum atomic E-state index is -0.582. The number of benzene rings is 2.